The number of hydrogen-bond acceptors (Lipinski definition) is 3. The molecule has 2 aromatic rings. The van der Waals surface area contributed by atoms with Crippen LogP contribution in [0.1, 0.15) is 22.3 Å². The van der Waals surface area contributed by atoms with Crippen LogP contribution < -0.4 is 4.90 Å². The van der Waals surface area contributed by atoms with Crippen molar-refractivity contribution in [2.24, 2.45) is 0 Å². The Balaban J connectivity index is 1.98. The lowest BCUT2D eigenvalue weighted by atomic mass is 9.88. The van der Waals surface area contributed by atoms with E-state index < -0.39 is 11.5 Å². The Morgan fingerprint density at radius 3 is 2.39 bits per heavy atom. The second kappa shape index (κ2) is 5.85. The first-order valence-electron chi connectivity index (χ1n) is 6.92. The van der Waals surface area contributed by atoms with E-state index in [1.807, 2.05) is 0 Å². The van der Waals surface area contributed by atoms with Gasteiger partial charge in [-0.2, -0.15) is 0 Å². The lowest BCUT2D eigenvalue weighted by Crippen LogP contribution is -2.40. The van der Waals surface area contributed by atoms with Crippen molar-refractivity contribution in [2.45, 2.75) is 12.0 Å². The van der Waals surface area contributed by atoms with E-state index >= 15 is 0 Å². The zero-order valence-electron chi connectivity index (χ0n) is 12.2. The first-order valence-corrected chi connectivity index (χ1v) is 8.51. The molecule has 1 amide bonds. The molecule has 0 unspecified atom stereocenters. The van der Waals surface area contributed by atoms with Crippen molar-refractivity contribution in [3.63, 3.8) is 0 Å². The van der Waals surface area contributed by atoms with Gasteiger partial charge in [-0.1, -0.05) is 44.0 Å². The number of carbonyl (C=O) groups excluding carboxylic acids is 2. The Bertz CT molecular complexity index is 804. The van der Waals surface area contributed by atoms with Crippen LogP contribution in [0.2, 0.25) is 0 Å². The molecule has 2 aromatic carbocycles. The average Bonchev–Trinajstić information content (AvgIpc) is 2.70. The Morgan fingerprint density at radius 2 is 1.74 bits per heavy atom. The highest BCUT2D eigenvalue weighted by atomic mass is 79.9. The van der Waals surface area contributed by atoms with Crippen molar-refractivity contribution in [2.75, 3.05) is 11.9 Å². The van der Waals surface area contributed by atoms with Gasteiger partial charge in [0.05, 0.1) is 12.1 Å². The molecular weight excluding hydrogens is 426 g/mol. The summed E-state index contributed by atoms with van der Waals surface area (Å²) in [6.45, 7) is 0. The topological polar surface area (TPSA) is 57.6 Å². The second-order valence-electron chi connectivity index (χ2n) is 5.49. The fraction of sp³-hybridized carbons (Fsp3) is 0.176. The molecular formula is C17H13Br2NO3. The Hall–Kier alpha value is -1.50. The molecule has 0 saturated heterocycles. The van der Waals surface area contributed by atoms with Crippen molar-refractivity contribution in [3.8, 4) is 0 Å². The highest BCUT2D eigenvalue weighted by Crippen LogP contribution is 2.43. The van der Waals surface area contributed by atoms with Gasteiger partial charge in [-0.05, 0) is 30.3 Å². The van der Waals surface area contributed by atoms with Crippen LogP contribution in [0, 0.1) is 0 Å². The minimum Gasteiger partial charge on any atom is -0.375 e. The summed E-state index contributed by atoms with van der Waals surface area (Å²) in [6.07, 6.45) is -0.290. The Morgan fingerprint density at radius 1 is 1.13 bits per heavy atom. The molecule has 0 aliphatic carbocycles. The molecule has 0 bridgehead atoms. The van der Waals surface area contributed by atoms with Crippen LogP contribution in [-0.4, -0.2) is 23.8 Å². The van der Waals surface area contributed by atoms with Crippen LogP contribution in [0.5, 0.6) is 0 Å². The number of aliphatic hydroxyl groups is 1. The molecule has 1 aliphatic heterocycles. The number of ketones is 1. The molecule has 1 atom stereocenters. The molecule has 1 aliphatic rings. The largest absolute Gasteiger partial charge is 0.375 e. The van der Waals surface area contributed by atoms with E-state index in [4.69, 9.17) is 0 Å². The summed E-state index contributed by atoms with van der Waals surface area (Å²) in [5.74, 6) is -0.773. The molecule has 1 N–H and O–H groups in total. The maximum atomic E-state index is 12.5. The van der Waals surface area contributed by atoms with Gasteiger partial charge in [0.2, 0.25) is 0 Å². The van der Waals surface area contributed by atoms with Gasteiger partial charge in [0.1, 0.15) is 0 Å². The van der Waals surface area contributed by atoms with E-state index in [-0.39, 0.29) is 12.2 Å². The molecule has 0 aromatic heterocycles. The van der Waals surface area contributed by atoms with Crippen LogP contribution >= 0.6 is 31.9 Å². The first-order chi connectivity index (χ1) is 10.8. The predicted octanol–water partition coefficient (Wildman–Crippen LogP) is 3.65. The average molecular weight is 439 g/mol. The van der Waals surface area contributed by atoms with Crippen molar-refractivity contribution in [1.82, 2.24) is 0 Å². The lowest BCUT2D eigenvalue weighted by Gasteiger charge is -2.21. The third kappa shape index (κ3) is 2.75. The predicted molar refractivity (Wildman–Crippen MR) is 94.5 cm³/mol. The summed E-state index contributed by atoms with van der Waals surface area (Å²) in [7, 11) is 1.59. The second-order valence-corrected chi connectivity index (χ2v) is 7.32. The highest BCUT2D eigenvalue weighted by molar-refractivity contribution is 9.10. The number of halogens is 2. The number of hydrogen-bond donors (Lipinski definition) is 1. The monoisotopic (exact) mass is 437 g/mol. The number of carbonyl (C=O) groups is 2. The van der Waals surface area contributed by atoms with Gasteiger partial charge < -0.3 is 10.0 Å². The summed E-state index contributed by atoms with van der Waals surface area (Å²) in [5, 5.41) is 11.0. The number of likely N-dealkylation sites (N-methyl/N-ethyl adjacent to an activating group) is 1. The van der Waals surface area contributed by atoms with E-state index in [2.05, 4.69) is 31.9 Å². The van der Waals surface area contributed by atoms with Crippen molar-refractivity contribution >= 4 is 49.2 Å². The molecule has 0 saturated carbocycles. The van der Waals surface area contributed by atoms with Gasteiger partial charge in [0.15, 0.2) is 11.4 Å². The van der Waals surface area contributed by atoms with E-state index in [0.717, 1.165) is 8.95 Å². The molecule has 23 heavy (non-hydrogen) atoms. The van der Waals surface area contributed by atoms with E-state index in [1.165, 1.54) is 4.90 Å². The van der Waals surface area contributed by atoms with Gasteiger partial charge in [-0.25, -0.2) is 0 Å². The van der Waals surface area contributed by atoms with E-state index in [0.29, 0.717) is 16.8 Å². The van der Waals surface area contributed by atoms with Crippen molar-refractivity contribution in [3.05, 3.63) is 62.5 Å². The quantitative estimate of drug-likeness (QED) is 0.744. The van der Waals surface area contributed by atoms with Gasteiger partial charge in [-0.15, -0.1) is 0 Å². The number of anilines is 1. The first kappa shape index (κ1) is 16.4. The Labute approximate surface area is 150 Å². The molecule has 0 spiro atoms. The minimum atomic E-state index is -1.84. The zero-order valence-corrected chi connectivity index (χ0v) is 15.4. The minimum absolute atomic E-state index is 0.283. The molecule has 1 heterocycles. The molecule has 3 rings (SSSR count). The van der Waals surface area contributed by atoms with Gasteiger partial charge >= 0.3 is 0 Å². The fourth-order valence-corrected chi connectivity index (χ4v) is 3.40. The normalized spacial score (nSPS) is 19.8. The third-order valence-corrected chi connectivity index (χ3v) is 5.03. The lowest BCUT2D eigenvalue weighted by molar-refractivity contribution is -0.135. The smallest absolute Gasteiger partial charge is 0.263 e. The highest BCUT2D eigenvalue weighted by Gasteiger charge is 2.49. The molecule has 118 valence electrons. The number of nitrogens with zero attached hydrogens (tertiary/aromatic N) is 1. The maximum absolute atomic E-state index is 12.5. The van der Waals surface area contributed by atoms with Gasteiger partial charge in [0.25, 0.3) is 5.91 Å². The molecule has 0 fully saturated rings. The number of fused-ring (bicyclic) bond motifs is 1. The number of amides is 1. The summed E-state index contributed by atoms with van der Waals surface area (Å²) in [5.41, 5.74) is -0.312. The van der Waals surface area contributed by atoms with Crippen LogP contribution in [0.25, 0.3) is 0 Å². The van der Waals surface area contributed by atoms with Crippen LogP contribution in [0.4, 0.5) is 5.69 Å². The fourth-order valence-electron chi connectivity index (χ4n) is 2.78. The van der Waals surface area contributed by atoms with Crippen molar-refractivity contribution in [1.29, 1.82) is 0 Å². The van der Waals surface area contributed by atoms with Gasteiger partial charge in [-0.3, -0.25) is 9.59 Å². The van der Waals surface area contributed by atoms with Crippen molar-refractivity contribution < 1.29 is 14.7 Å². The third-order valence-electron chi connectivity index (χ3n) is 4.01. The molecule has 4 nitrogen and oxygen atoms in total. The maximum Gasteiger partial charge on any atom is 0.263 e. The number of Topliss-reactive ketones (excluding diaryl/α,β-unsaturated/α-hetero) is 1. The standard InChI is InChI=1S/C17H13Br2NO3/c1-20-14-7-6-12(19)8-13(14)17(23,16(20)22)9-15(21)10-2-4-11(18)5-3-10/h2-8,23H,9H2,1H3/t17-/m1/s1. The van der Waals surface area contributed by atoms with Crippen LogP contribution in [0.3, 0.4) is 0 Å². The summed E-state index contributed by atoms with van der Waals surface area (Å²) in [6, 6.07) is 12.1. The van der Waals surface area contributed by atoms with E-state index in [1.54, 1.807) is 49.5 Å². The number of benzene rings is 2. The summed E-state index contributed by atoms with van der Waals surface area (Å²) < 4.78 is 1.60. The Kier molecular flexibility index (Phi) is 4.16. The van der Waals surface area contributed by atoms with Crippen LogP contribution in [-0.2, 0) is 10.4 Å². The summed E-state index contributed by atoms with van der Waals surface area (Å²) in [4.78, 5) is 26.4. The molecule has 6 heteroatoms. The number of rotatable bonds is 3. The SMILES string of the molecule is CN1C(=O)[C@@](O)(CC(=O)c2ccc(Br)cc2)c2cc(Br)ccc21. The van der Waals surface area contributed by atoms with Crippen LogP contribution in [0.15, 0.2) is 51.4 Å². The summed E-state index contributed by atoms with van der Waals surface area (Å²) >= 11 is 6.66. The van der Waals surface area contributed by atoms with Gasteiger partial charge in [0, 0.05) is 27.1 Å². The molecule has 0 radical (unpaired) electrons. The zero-order chi connectivity index (χ0) is 16.8. The van der Waals surface area contributed by atoms with E-state index in [9.17, 15) is 14.7 Å².